The van der Waals surface area contributed by atoms with Gasteiger partial charge in [0.05, 0.1) is 0 Å². The SMILES string of the molecule is CC(C)(C)OC(=O)NCc1ccccc1OCC(=O)N1CCC2(C=Cc3ccccc32)CC1. The maximum Gasteiger partial charge on any atom is 0.407 e. The van der Waals surface area contributed by atoms with E-state index in [-0.39, 0.29) is 24.5 Å². The van der Waals surface area contributed by atoms with Crippen molar-refractivity contribution in [1.29, 1.82) is 0 Å². The minimum absolute atomic E-state index is 0.0185. The molecule has 2 amide bonds. The van der Waals surface area contributed by atoms with Gasteiger partial charge in [-0.2, -0.15) is 0 Å². The number of benzene rings is 2. The van der Waals surface area contributed by atoms with Gasteiger partial charge in [0.25, 0.3) is 5.91 Å². The third-order valence-electron chi connectivity index (χ3n) is 6.23. The lowest BCUT2D eigenvalue weighted by Crippen LogP contribution is -2.45. The van der Waals surface area contributed by atoms with E-state index >= 15 is 0 Å². The summed E-state index contributed by atoms with van der Waals surface area (Å²) in [5, 5.41) is 2.74. The van der Waals surface area contributed by atoms with Crippen LogP contribution >= 0.6 is 0 Å². The van der Waals surface area contributed by atoms with Gasteiger partial charge in [0.15, 0.2) is 6.61 Å². The summed E-state index contributed by atoms with van der Waals surface area (Å²) < 4.78 is 11.1. The predicted octanol–water partition coefficient (Wildman–Crippen LogP) is 4.68. The Morgan fingerprint density at radius 1 is 1.03 bits per heavy atom. The van der Waals surface area contributed by atoms with E-state index in [2.05, 4.69) is 41.7 Å². The summed E-state index contributed by atoms with van der Waals surface area (Å²) in [5.74, 6) is 0.568. The normalized spacial score (nSPS) is 16.4. The van der Waals surface area contributed by atoms with Gasteiger partial charge < -0.3 is 19.7 Å². The topological polar surface area (TPSA) is 67.9 Å². The molecule has 0 bridgehead atoms. The van der Waals surface area contributed by atoms with Crippen molar-refractivity contribution < 1.29 is 19.1 Å². The third kappa shape index (κ3) is 5.38. The first-order chi connectivity index (χ1) is 15.8. The zero-order valence-corrected chi connectivity index (χ0v) is 19.6. The fraction of sp³-hybridized carbons (Fsp3) is 0.407. The van der Waals surface area contributed by atoms with Crippen LogP contribution in [0.25, 0.3) is 6.08 Å². The van der Waals surface area contributed by atoms with Gasteiger partial charge in [-0.3, -0.25) is 4.79 Å². The van der Waals surface area contributed by atoms with E-state index in [1.807, 2.05) is 49.9 Å². The molecule has 0 saturated carbocycles. The number of likely N-dealkylation sites (tertiary alicyclic amines) is 1. The summed E-state index contributed by atoms with van der Waals surface area (Å²) >= 11 is 0. The second-order valence-electron chi connectivity index (χ2n) is 9.71. The second kappa shape index (κ2) is 9.30. The van der Waals surface area contributed by atoms with Gasteiger partial charge in [0.2, 0.25) is 0 Å². The summed E-state index contributed by atoms with van der Waals surface area (Å²) in [4.78, 5) is 26.7. The molecule has 6 nitrogen and oxygen atoms in total. The smallest absolute Gasteiger partial charge is 0.407 e. The number of alkyl carbamates (subject to hydrolysis) is 1. The van der Waals surface area contributed by atoms with Crippen molar-refractivity contribution in [2.75, 3.05) is 19.7 Å². The number of piperidine rings is 1. The van der Waals surface area contributed by atoms with Gasteiger partial charge in [-0.15, -0.1) is 0 Å². The molecular weight excluding hydrogens is 416 g/mol. The number of carbonyl (C=O) groups excluding carboxylic acids is 2. The first-order valence-corrected chi connectivity index (χ1v) is 11.5. The molecule has 1 fully saturated rings. The number of amides is 2. The third-order valence-corrected chi connectivity index (χ3v) is 6.23. The maximum atomic E-state index is 12.8. The molecule has 0 atom stereocenters. The predicted molar refractivity (Wildman–Crippen MR) is 128 cm³/mol. The quantitative estimate of drug-likeness (QED) is 0.721. The second-order valence-corrected chi connectivity index (χ2v) is 9.71. The lowest BCUT2D eigenvalue weighted by Gasteiger charge is -2.39. The molecule has 6 heteroatoms. The Hall–Kier alpha value is -3.28. The van der Waals surface area contributed by atoms with E-state index in [1.54, 1.807) is 0 Å². The van der Waals surface area contributed by atoms with Gasteiger partial charge >= 0.3 is 6.09 Å². The first kappa shape index (κ1) is 22.9. The average molecular weight is 449 g/mol. The van der Waals surface area contributed by atoms with Gasteiger partial charge in [-0.05, 0) is 50.8 Å². The Balaban J connectivity index is 1.30. The van der Waals surface area contributed by atoms with Crippen LogP contribution in [0.5, 0.6) is 5.75 Å². The van der Waals surface area contributed by atoms with Gasteiger partial charge in [-0.25, -0.2) is 4.79 Å². The van der Waals surface area contributed by atoms with E-state index in [4.69, 9.17) is 9.47 Å². The maximum absolute atomic E-state index is 12.8. The van der Waals surface area contributed by atoms with E-state index in [0.29, 0.717) is 18.8 Å². The molecule has 1 aliphatic carbocycles. The highest BCUT2D eigenvalue weighted by atomic mass is 16.6. The number of allylic oxidation sites excluding steroid dienone is 1. The molecule has 1 N–H and O–H groups in total. The number of hydrogen-bond acceptors (Lipinski definition) is 4. The minimum Gasteiger partial charge on any atom is -0.483 e. The molecule has 1 saturated heterocycles. The van der Waals surface area contributed by atoms with Gasteiger partial charge in [-0.1, -0.05) is 54.6 Å². The zero-order chi connectivity index (χ0) is 23.5. The molecular formula is C27H32N2O4. The summed E-state index contributed by atoms with van der Waals surface area (Å²) in [5.41, 5.74) is 2.95. The van der Waals surface area contributed by atoms with Crippen molar-refractivity contribution in [3.05, 3.63) is 71.3 Å². The van der Waals surface area contributed by atoms with Crippen molar-refractivity contribution in [1.82, 2.24) is 10.2 Å². The molecule has 174 valence electrons. The summed E-state index contributed by atoms with van der Waals surface area (Å²) in [7, 11) is 0. The fourth-order valence-corrected chi connectivity index (χ4v) is 4.53. The zero-order valence-electron chi connectivity index (χ0n) is 19.6. The molecule has 1 spiro atoms. The number of rotatable bonds is 5. The van der Waals surface area contributed by atoms with Crippen molar-refractivity contribution in [3.8, 4) is 5.75 Å². The number of para-hydroxylation sites is 1. The number of nitrogens with zero attached hydrogens (tertiary/aromatic N) is 1. The van der Waals surface area contributed by atoms with Crippen LogP contribution in [0.4, 0.5) is 4.79 Å². The van der Waals surface area contributed by atoms with Crippen LogP contribution < -0.4 is 10.1 Å². The number of carbonyl (C=O) groups is 2. The number of nitrogens with one attached hydrogen (secondary N) is 1. The molecule has 4 rings (SSSR count). The average Bonchev–Trinajstić information content (AvgIpc) is 3.14. The number of fused-ring (bicyclic) bond motifs is 2. The summed E-state index contributed by atoms with van der Waals surface area (Å²) in [6.45, 7) is 7.11. The van der Waals surface area contributed by atoms with E-state index < -0.39 is 11.7 Å². The molecule has 0 aromatic heterocycles. The van der Waals surface area contributed by atoms with Crippen LogP contribution in [0.3, 0.4) is 0 Å². The number of ether oxygens (including phenoxy) is 2. The highest BCUT2D eigenvalue weighted by Crippen LogP contribution is 2.43. The molecule has 1 aliphatic heterocycles. The summed E-state index contributed by atoms with van der Waals surface area (Å²) in [6, 6.07) is 15.9. The Morgan fingerprint density at radius 2 is 1.73 bits per heavy atom. The van der Waals surface area contributed by atoms with Crippen LogP contribution in [-0.2, 0) is 21.5 Å². The van der Waals surface area contributed by atoms with Crippen molar-refractivity contribution in [2.45, 2.75) is 51.2 Å². The van der Waals surface area contributed by atoms with E-state index in [1.165, 1.54) is 11.1 Å². The minimum atomic E-state index is -0.560. The highest BCUT2D eigenvalue weighted by molar-refractivity contribution is 5.78. The van der Waals surface area contributed by atoms with E-state index in [0.717, 1.165) is 18.4 Å². The largest absolute Gasteiger partial charge is 0.483 e. The van der Waals surface area contributed by atoms with Gasteiger partial charge in [0, 0.05) is 30.6 Å². The van der Waals surface area contributed by atoms with Crippen molar-refractivity contribution >= 4 is 18.1 Å². The molecule has 2 aromatic carbocycles. The Labute approximate surface area is 195 Å². The Bertz CT molecular complexity index is 1050. The van der Waals surface area contributed by atoms with Crippen LogP contribution in [0.2, 0.25) is 0 Å². The molecule has 0 unspecified atom stereocenters. The highest BCUT2D eigenvalue weighted by Gasteiger charge is 2.38. The molecule has 2 aliphatic rings. The Morgan fingerprint density at radius 3 is 2.48 bits per heavy atom. The van der Waals surface area contributed by atoms with Crippen molar-refractivity contribution in [3.63, 3.8) is 0 Å². The molecule has 0 radical (unpaired) electrons. The van der Waals surface area contributed by atoms with Crippen molar-refractivity contribution in [2.24, 2.45) is 0 Å². The molecule has 2 aromatic rings. The lowest BCUT2D eigenvalue weighted by molar-refractivity contribution is -0.134. The monoisotopic (exact) mass is 448 g/mol. The first-order valence-electron chi connectivity index (χ1n) is 11.5. The van der Waals surface area contributed by atoms with Crippen LogP contribution in [-0.4, -0.2) is 42.2 Å². The lowest BCUT2D eigenvalue weighted by atomic mass is 9.74. The van der Waals surface area contributed by atoms with Crippen LogP contribution in [0.1, 0.15) is 50.3 Å². The van der Waals surface area contributed by atoms with Crippen LogP contribution in [0, 0.1) is 0 Å². The van der Waals surface area contributed by atoms with Crippen LogP contribution in [0.15, 0.2) is 54.6 Å². The molecule has 33 heavy (non-hydrogen) atoms. The number of hydrogen-bond donors (Lipinski definition) is 1. The van der Waals surface area contributed by atoms with Gasteiger partial charge in [0.1, 0.15) is 11.4 Å². The Kier molecular flexibility index (Phi) is 6.45. The molecule has 1 heterocycles. The van der Waals surface area contributed by atoms with E-state index in [9.17, 15) is 9.59 Å². The summed E-state index contributed by atoms with van der Waals surface area (Å²) in [6.07, 6.45) is 5.87. The fourth-order valence-electron chi connectivity index (χ4n) is 4.53. The standard InChI is InChI=1S/C27H32N2O4/c1-26(2,3)33-25(31)28-18-21-9-5-7-11-23(21)32-19-24(30)29-16-14-27(15-17-29)13-12-20-8-4-6-10-22(20)27/h4-13H,14-19H2,1-3H3,(H,28,31).